The van der Waals surface area contributed by atoms with Crippen LogP contribution in [-0.4, -0.2) is 101 Å². The molecule has 2 saturated heterocycles. The smallest absolute Gasteiger partial charge is 0.481 e. The second-order valence-corrected chi connectivity index (χ2v) is 12.6. The van der Waals surface area contributed by atoms with E-state index < -0.39 is 24.1 Å². The van der Waals surface area contributed by atoms with Gasteiger partial charge in [0.05, 0.1) is 19.7 Å². The van der Waals surface area contributed by atoms with E-state index in [0.717, 1.165) is 31.5 Å². The van der Waals surface area contributed by atoms with E-state index >= 15 is 0 Å². The van der Waals surface area contributed by atoms with Gasteiger partial charge in [-0.2, -0.15) is 0 Å². The van der Waals surface area contributed by atoms with Gasteiger partial charge in [0.15, 0.2) is 5.82 Å². The lowest BCUT2D eigenvalue weighted by Crippen LogP contribution is -2.56. The molecule has 46 heavy (non-hydrogen) atoms. The number of hydrogen-bond acceptors (Lipinski definition) is 10. The van der Waals surface area contributed by atoms with Crippen LogP contribution in [-0.2, 0) is 19.2 Å². The minimum Gasteiger partial charge on any atom is -0.481 e. The van der Waals surface area contributed by atoms with Crippen LogP contribution in [0, 0.1) is 23.7 Å². The molecule has 0 unspecified atom stereocenters. The van der Waals surface area contributed by atoms with Crippen molar-refractivity contribution in [2.24, 2.45) is 23.7 Å². The second-order valence-electron chi connectivity index (χ2n) is 12.6. The van der Waals surface area contributed by atoms with Crippen molar-refractivity contribution in [3.05, 3.63) is 42.1 Å². The summed E-state index contributed by atoms with van der Waals surface area (Å²) in [6.07, 6.45) is 1.79. The van der Waals surface area contributed by atoms with Gasteiger partial charge in [-0.3, -0.25) is 14.4 Å². The Morgan fingerprint density at radius 1 is 1.02 bits per heavy atom. The summed E-state index contributed by atoms with van der Waals surface area (Å²) < 4.78 is 5.06. The molecule has 2 amide bonds. The normalized spacial score (nSPS) is 21.4. The minimum absolute atomic E-state index is 0.171. The van der Waals surface area contributed by atoms with Crippen LogP contribution in [0.3, 0.4) is 0 Å². The fourth-order valence-electron chi connectivity index (χ4n) is 6.34. The van der Waals surface area contributed by atoms with Crippen LogP contribution in [0.5, 0.6) is 0 Å². The summed E-state index contributed by atoms with van der Waals surface area (Å²) in [5, 5.41) is 13.5. The number of carbonyl (C=O) groups excluding carboxylic acids is 3. The number of piperidine rings is 1. The summed E-state index contributed by atoms with van der Waals surface area (Å²) in [6.45, 7) is 8.90. The van der Waals surface area contributed by atoms with Crippen molar-refractivity contribution in [2.45, 2.75) is 52.5 Å². The standard InChI is InChI=1S/C33H44N6O7/c1-4-5-17-45-33(44)46-39-15-13-37(14-16-39)32(43)29(21(2)3)36-31(42)26-18-27(35-30(34-26)22-9-7-6-8-10-22)38-19-24-23(25(24)20-38)11-12-28(40)41/h6-10,18,21,23-25,29H,4-5,11-17,19-20H2,1-3H3,(H,36,42)(H,40,41)/t23-,24+,25-,29-/m0/s1. The molecule has 1 aromatic carbocycles. The van der Waals surface area contributed by atoms with E-state index in [-0.39, 0.29) is 23.9 Å². The summed E-state index contributed by atoms with van der Waals surface area (Å²) in [5.41, 5.74) is 0.943. The Labute approximate surface area is 269 Å². The lowest BCUT2D eigenvalue weighted by molar-refractivity contribution is -0.158. The topological polar surface area (TPSA) is 154 Å². The fraction of sp³-hybridized carbons (Fsp3) is 0.576. The van der Waals surface area contributed by atoms with Gasteiger partial charge in [0, 0.05) is 44.2 Å². The predicted octanol–water partition coefficient (Wildman–Crippen LogP) is 3.46. The summed E-state index contributed by atoms with van der Waals surface area (Å²) in [5.74, 6) is 0.683. The van der Waals surface area contributed by atoms with E-state index in [1.807, 2.05) is 51.1 Å². The second kappa shape index (κ2) is 14.9. The first-order valence-electron chi connectivity index (χ1n) is 16.2. The number of benzene rings is 1. The molecule has 5 rings (SSSR count). The third kappa shape index (κ3) is 8.11. The van der Waals surface area contributed by atoms with Crippen LogP contribution in [0.1, 0.15) is 56.9 Å². The largest absolute Gasteiger partial charge is 0.527 e. The zero-order valence-corrected chi connectivity index (χ0v) is 26.8. The minimum atomic E-state index is -0.785. The maximum absolute atomic E-state index is 13.7. The van der Waals surface area contributed by atoms with Crippen LogP contribution >= 0.6 is 0 Å². The van der Waals surface area contributed by atoms with Crippen molar-refractivity contribution in [1.82, 2.24) is 25.2 Å². The van der Waals surface area contributed by atoms with Crippen molar-refractivity contribution < 1.29 is 33.9 Å². The molecule has 0 bridgehead atoms. The molecule has 13 heteroatoms. The molecule has 1 saturated carbocycles. The maximum atomic E-state index is 13.7. The molecular weight excluding hydrogens is 592 g/mol. The third-order valence-corrected chi connectivity index (χ3v) is 9.06. The number of piperazine rings is 1. The molecule has 2 aromatic rings. The van der Waals surface area contributed by atoms with E-state index in [4.69, 9.17) is 19.7 Å². The number of carbonyl (C=O) groups is 4. The molecule has 0 radical (unpaired) electrons. The highest BCUT2D eigenvalue weighted by molar-refractivity contribution is 5.97. The summed E-state index contributed by atoms with van der Waals surface area (Å²) in [4.78, 5) is 68.8. The average molecular weight is 637 g/mol. The van der Waals surface area contributed by atoms with Crippen LogP contribution in [0.25, 0.3) is 11.4 Å². The van der Waals surface area contributed by atoms with Gasteiger partial charge in [-0.25, -0.2) is 14.8 Å². The molecule has 3 heterocycles. The molecule has 248 valence electrons. The molecule has 1 aliphatic carbocycles. The number of aliphatic carboxylic acids is 1. The van der Waals surface area contributed by atoms with Gasteiger partial charge in [-0.1, -0.05) is 57.5 Å². The first kappa shape index (κ1) is 33.1. The van der Waals surface area contributed by atoms with Crippen LogP contribution in [0.15, 0.2) is 36.4 Å². The molecule has 3 aliphatic rings. The number of hydrogen-bond donors (Lipinski definition) is 2. The Morgan fingerprint density at radius 2 is 1.72 bits per heavy atom. The number of anilines is 1. The summed E-state index contributed by atoms with van der Waals surface area (Å²) >= 11 is 0. The first-order valence-corrected chi connectivity index (χ1v) is 16.2. The van der Waals surface area contributed by atoms with Crippen molar-refractivity contribution in [3.63, 3.8) is 0 Å². The Morgan fingerprint density at radius 3 is 2.35 bits per heavy atom. The Kier molecular flexibility index (Phi) is 10.7. The van der Waals surface area contributed by atoms with Crippen molar-refractivity contribution in [3.8, 4) is 11.4 Å². The van der Waals surface area contributed by atoms with E-state index in [1.165, 1.54) is 5.06 Å². The monoisotopic (exact) mass is 636 g/mol. The zero-order chi connectivity index (χ0) is 32.8. The number of nitrogens with zero attached hydrogens (tertiary/aromatic N) is 5. The Hall–Kier alpha value is -4.26. The van der Waals surface area contributed by atoms with Crippen LogP contribution in [0.2, 0.25) is 0 Å². The van der Waals surface area contributed by atoms with Gasteiger partial charge in [0.1, 0.15) is 17.6 Å². The molecule has 0 spiro atoms. The van der Waals surface area contributed by atoms with Gasteiger partial charge < -0.3 is 29.8 Å². The fourth-order valence-corrected chi connectivity index (χ4v) is 6.34. The Balaban J connectivity index is 1.24. The molecule has 3 fully saturated rings. The number of amides is 2. The van der Waals surface area contributed by atoms with Crippen molar-refractivity contribution in [1.29, 1.82) is 0 Å². The third-order valence-electron chi connectivity index (χ3n) is 9.06. The van der Waals surface area contributed by atoms with Crippen LogP contribution < -0.4 is 10.2 Å². The molecule has 4 atom stereocenters. The van der Waals surface area contributed by atoms with E-state index in [9.17, 15) is 19.2 Å². The number of unbranched alkanes of at least 4 members (excludes halogenated alkanes) is 1. The molecular formula is C33H44N6O7. The summed E-state index contributed by atoms with van der Waals surface area (Å²) in [7, 11) is 0. The van der Waals surface area contributed by atoms with Gasteiger partial charge in [0.2, 0.25) is 5.91 Å². The number of aromatic nitrogens is 2. The van der Waals surface area contributed by atoms with E-state index in [2.05, 4.69) is 15.2 Å². The quantitative estimate of drug-likeness (QED) is 0.245. The number of hydroxylamine groups is 2. The number of carboxylic acids is 1. The van der Waals surface area contributed by atoms with Gasteiger partial charge >= 0.3 is 12.1 Å². The van der Waals surface area contributed by atoms with Crippen molar-refractivity contribution in [2.75, 3.05) is 50.8 Å². The highest BCUT2D eigenvalue weighted by Gasteiger charge is 2.55. The van der Waals surface area contributed by atoms with Crippen molar-refractivity contribution >= 4 is 29.8 Å². The predicted molar refractivity (Wildman–Crippen MR) is 169 cm³/mol. The van der Waals surface area contributed by atoms with E-state index in [1.54, 1.807) is 11.0 Å². The maximum Gasteiger partial charge on any atom is 0.527 e. The molecule has 13 nitrogen and oxygen atoms in total. The van der Waals surface area contributed by atoms with Crippen LogP contribution in [0.4, 0.5) is 10.6 Å². The van der Waals surface area contributed by atoms with E-state index in [0.29, 0.717) is 68.6 Å². The number of rotatable bonds is 13. The van der Waals surface area contributed by atoms with Gasteiger partial charge in [-0.15, -0.1) is 5.06 Å². The molecule has 2 aliphatic heterocycles. The van der Waals surface area contributed by atoms with Gasteiger partial charge in [-0.05, 0) is 36.5 Å². The highest BCUT2D eigenvalue weighted by atomic mass is 16.8. The number of fused-ring (bicyclic) bond motifs is 1. The number of ether oxygens (including phenoxy) is 1. The average Bonchev–Trinajstić information content (AvgIpc) is 3.50. The molecule has 2 N–H and O–H groups in total. The number of nitrogens with one attached hydrogen (secondary N) is 1. The SMILES string of the molecule is CCCCOC(=O)ON1CCN(C(=O)[C@@H](NC(=O)c2cc(N3C[C@@H]4[C@H](CCC(=O)O)[C@@H]4C3)nc(-c3ccccc3)n2)C(C)C)CC1. The highest BCUT2D eigenvalue weighted by Crippen LogP contribution is 2.54. The lowest BCUT2D eigenvalue weighted by Gasteiger charge is -2.35. The summed E-state index contributed by atoms with van der Waals surface area (Å²) in [6, 6.07) is 10.3. The Bertz CT molecular complexity index is 1390. The van der Waals surface area contributed by atoms with Gasteiger partial charge in [0.25, 0.3) is 5.91 Å². The molecule has 1 aromatic heterocycles. The first-order chi connectivity index (χ1) is 22.1. The zero-order valence-electron chi connectivity index (χ0n) is 26.8. The lowest BCUT2D eigenvalue weighted by atomic mass is 10.0. The number of carboxylic acid groups (broad SMARTS) is 1.